The van der Waals surface area contributed by atoms with Gasteiger partial charge in [-0.1, -0.05) is 18.1 Å². The van der Waals surface area contributed by atoms with Gasteiger partial charge in [0, 0.05) is 26.1 Å². The van der Waals surface area contributed by atoms with Crippen LogP contribution in [0.5, 0.6) is 0 Å². The summed E-state index contributed by atoms with van der Waals surface area (Å²) < 4.78 is 0. The average Bonchev–Trinajstić information content (AvgIpc) is 2.41. The van der Waals surface area contributed by atoms with Crippen LogP contribution in [-0.2, 0) is 4.79 Å². The molecule has 1 aliphatic carbocycles. The van der Waals surface area contributed by atoms with Gasteiger partial charge in [0.1, 0.15) is 0 Å². The van der Waals surface area contributed by atoms with E-state index in [-0.39, 0.29) is 5.91 Å². The van der Waals surface area contributed by atoms with Crippen molar-refractivity contribution in [2.45, 2.75) is 57.4 Å². The first-order valence-corrected chi connectivity index (χ1v) is 7.41. The summed E-state index contributed by atoms with van der Waals surface area (Å²) in [6.07, 6.45) is 11.5. The summed E-state index contributed by atoms with van der Waals surface area (Å²) in [6.45, 7) is 1.98. The fourth-order valence-corrected chi connectivity index (χ4v) is 2.91. The maximum Gasteiger partial charge on any atom is 0.226 e. The van der Waals surface area contributed by atoms with Gasteiger partial charge in [0.2, 0.25) is 5.91 Å². The van der Waals surface area contributed by atoms with Crippen LogP contribution in [0.1, 0.15) is 51.4 Å². The van der Waals surface area contributed by atoms with Gasteiger partial charge in [0.05, 0.1) is 0 Å². The maximum absolute atomic E-state index is 12.1. The van der Waals surface area contributed by atoms with E-state index in [0.29, 0.717) is 12.5 Å². The van der Waals surface area contributed by atoms with Gasteiger partial charge in [0.25, 0.3) is 0 Å². The van der Waals surface area contributed by atoms with Crippen molar-refractivity contribution in [3.8, 4) is 0 Å². The number of rotatable bonds is 4. The van der Waals surface area contributed by atoms with Gasteiger partial charge in [-0.2, -0.15) is 0 Å². The van der Waals surface area contributed by atoms with E-state index < -0.39 is 0 Å². The molecule has 2 aliphatic rings. The van der Waals surface area contributed by atoms with E-state index in [4.69, 9.17) is 0 Å². The molecule has 0 aromatic heterocycles. The third-order valence-corrected chi connectivity index (χ3v) is 4.10. The Balaban J connectivity index is 1.75. The number of amides is 1. The molecule has 0 spiro atoms. The van der Waals surface area contributed by atoms with Crippen LogP contribution in [0.3, 0.4) is 0 Å². The van der Waals surface area contributed by atoms with E-state index in [1.54, 1.807) is 0 Å². The SMILES string of the molecule is CN(CC1CCCCN1)C(=O)CC1=CCCCC1. The second-order valence-electron chi connectivity index (χ2n) is 5.71. The van der Waals surface area contributed by atoms with Crippen LogP contribution in [0, 0.1) is 0 Å². The number of carbonyl (C=O) groups excluding carboxylic acids is 1. The summed E-state index contributed by atoms with van der Waals surface area (Å²) in [4.78, 5) is 14.1. The molecule has 0 saturated carbocycles. The van der Waals surface area contributed by atoms with Crippen molar-refractivity contribution >= 4 is 5.91 Å². The molecule has 0 aromatic rings. The van der Waals surface area contributed by atoms with Crippen molar-refractivity contribution in [2.75, 3.05) is 20.1 Å². The summed E-state index contributed by atoms with van der Waals surface area (Å²) in [6, 6.07) is 0.507. The molecule has 1 unspecified atom stereocenters. The Morgan fingerprint density at radius 2 is 2.28 bits per heavy atom. The van der Waals surface area contributed by atoms with Crippen molar-refractivity contribution in [2.24, 2.45) is 0 Å². The van der Waals surface area contributed by atoms with Gasteiger partial charge in [-0.15, -0.1) is 0 Å². The van der Waals surface area contributed by atoms with Crippen molar-refractivity contribution in [1.82, 2.24) is 10.2 Å². The van der Waals surface area contributed by atoms with Gasteiger partial charge in [-0.05, 0) is 45.1 Å². The maximum atomic E-state index is 12.1. The number of nitrogens with zero attached hydrogens (tertiary/aromatic N) is 1. The molecule has 1 atom stereocenters. The molecule has 0 radical (unpaired) electrons. The zero-order valence-electron chi connectivity index (χ0n) is 11.6. The number of piperidine rings is 1. The highest BCUT2D eigenvalue weighted by Crippen LogP contribution is 2.20. The van der Waals surface area contributed by atoms with Crippen LogP contribution in [0.4, 0.5) is 0 Å². The van der Waals surface area contributed by atoms with E-state index in [9.17, 15) is 4.79 Å². The Bertz CT molecular complexity index is 306. The van der Waals surface area contributed by atoms with Gasteiger partial charge in [0.15, 0.2) is 0 Å². The molecule has 1 heterocycles. The number of hydrogen-bond acceptors (Lipinski definition) is 2. The van der Waals surface area contributed by atoms with Crippen LogP contribution in [-0.4, -0.2) is 37.0 Å². The molecule has 102 valence electrons. The fraction of sp³-hybridized carbons (Fsp3) is 0.800. The number of allylic oxidation sites excluding steroid dienone is 1. The first-order valence-electron chi connectivity index (χ1n) is 7.41. The summed E-state index contributed by atoms with van der Waals surface area (Å²) >= 11 is 0. The van der Waals surface area contributed by atoms with E-state index in [1.165, 1.54) is 37.7 Å². The number of nitrogens with one attached hydrogen (secondary N) is 1. The molecule has 1 saturated heterocycles. The number of hydrogen-bond donors (Lipinski definition) is 1. The predicted octanol–water partition coefficient (Wildman–Crippen LogP) is 2.48. The van der Waals surface area contributed by atoms with Gasteiger partial charge < -0.3 is 10.2 Å². The lowest BCUT2D eigenvalue weighted by molar-refractivity contribution is -0.129. The molecular formula is C15H26N2O. The lowest BCUT2D eigenvalue weighted by Gasteiger charge is -2.28. The topological polar surface area (TPSA) is 32.3 Å². The van der Waals surface area contributed by atoms with E-state index in [2.05, 4.69) is 11.4 Å². The first kappa shape index (κ1) is 13.6. The summed E-state index contributed by atoms with van der Waals surface area (Å²) in [5.74, 6) is 0.288. The van der Waals surface area contributed by atoms with Gasteiger partial charge >= 0.3 is 0 Å². The molecule has 18 heavy (non-hydrogen) atoms. The molecule has 2 rings (SSSR count). The summed E-state index contributed by atoms with van der Waals surface area (Å²) in [5, 5.41) is 3.50. The molecule has 0 aromatic carbocycles. The fourth-order valence-electron chi connectivity index (χ4n) is 2.91. The van der Waals surface area contributed by atoms with Crippen molar-refractivity contribution in [3.63, 3.8) is 0 Å². The Morgan fingerprint density at radius 1 is 1.39 bits per heavy atom. The van der Waals surface area contributed by atoms with Crippen LogP contribution >= 0.6 is 0 Å². The van der Waals surface area contributed by atoms with Gasteiger partial charge in [-0.3, -0.25) is 4.79 Å². The smallest absolute Gasteiger partial charge is 0.226 e. The van der Waals surface area contributed by atoms with Crippen LogP contribution in [0.15, 0.2) is 11.6 Å². The largest absolute Gasteiger partial charge is 0.344 e. The van der Waals surface area contributed by atoms with E-state index in [0.717, 1.165) is 25.9 Å². The molecule has 3 nitrogen and oxygen atoms in total. The average molecular weight is 250 g/mol. The lowest BCUT2D eigenvalue weighted by atomic mass is 9.96. The highest BCUT2D eigenvalue weighted by Gasteiger charge is 2.18. The van der Waals surface area contributed by atoms with E-state index >= 15 is 0 Å². The Kier molecular flexibility index (Phi) is 5.24. The Hall–Kier alpha value is -0.830. The lowest BCUT2D eigenvalue weighted by Crippen LogP contribution is -2.44. The van der Waals surface area contributed by atoms with Crippen LogP contribution in [0.2, 0.25) is 0 Å². The molecule has 1 amide bonds. The highest BCUT2D eigenvalue weighted by molar-refractivity contribution is 5.78. The Morgan fingerprint density at radius 3 is 2.94 bits per heavy atom. The van der Waals surface area contributed by atoms with Crippen molar-refractivity contribution in [1.29, 1.82) is 0 Å². The van der Waals surface area contributed by atoms with E-state index in [1.807, 2.05) is 11.9 Å². The quantitative estimate of drug-likeness (QED) is 0.777. The molecule has 1 aliphatic heterocycles. The second-order valence-corrected chi connectivity index (χ2v) is 5.71. The monoisotopic (exact) mass is 250 g/mol. The normalized spacial score (nSPS) is 24.5. The predicted molar refractivity (Wildman–Crippen MR) is 74.4 cm³/mol. The molecule has 3 heteroatoms. The molecular weight excluding hydrogens is 224 g/mol. The molecule has 0 bridgehead atoms. The Labute approximate surface area is 111 Å². The first-order chi connectivity index (χ1) is 8.75. The van der Waals surface area contributed by atoms with Crippen LogP contribution in [0.25, 0.3) is 0 Å². The standard InChI is InChI=1S/C15H26N2O/c1-17(12-14-9-5-6-10-16-14)15(18)11-13-7-3-2-4-8-13/h7,14,16H,2-6,8-12H2,1H3. The minimum absolute atomic E-state index is 0.288. The minimum atomic E-state index is 0.288. The zero-order valence-corrected chi connectivity index (χ0v) is 11.6. The summed E-state index contributed by atoms with van der Waals surface area (Å²) in [5.41, 5.74) is 1.36. The van der Waals surface area contributed by atoms with Crippen molar-refractivity contribution < 1.29 is 4.79 Å². The zero-order chi connectivity index (χ0) is 12.8. The highest BCUT2D eigenvalue weighted by atomic mass is 16.2. The minimum Gasteiger partial charge on any atom is -0.344 e. The summed E-state index contributed by atoms with van der Waals surface area (Å²) in [7, 11) is 1.95. The van der Waals surface area contributed by atoms with Crippen LogP contribution < -0.4 is 5.32 Å². The number of likely N-dealkylation sites (N-methyl/N-ethyl adjacent to an activating group) is 1. The van der Waals surface area contributed by atoms with Gasteiger partial charge in [-0.25, -0.2) is 0 Å². The third-order valence-electron chi connectivity index (χ3n) is 4.10. The molecule has 1 N–H and O–H groups in total. The second kappa shape index (κ2) is 6.93. The third kappa shape index (κ3) is 4.13. The van der Waals surface area contributed by atoms with Crippen molar-refractivity contribution in [3.05, 3.63) is 11.6 Å². The number of carbonyl (C=O) groups is 1. The molecule has 1 fully saturated rings.